The van der Waals surface area contributed by atoms with E-state index < -0.39 is 5.91 Å². The van der Waals surface area contributed by atoms with E-state index in [1.54, 1.807) is 24.3 Å². The molecule has 6 nitrogen and oxygen atoms in total. The van der Waals surface area contributed by atoms with Gasteiger partial charge in [-0.05, 0) is 48.9 Å². The molecule has 1 aromatic heterocycles. The van der Waals surface area contributed by atoms with E-state index in [0.717, 1.165) is 16.1 Å². The highest BCUT2D eigenvalue weighted by Crippen LogP contribution is 2.38. The Hall–Kier alpha value is -3.13. The SMILES string of the molecule is COc1cc(C(=O)N=c2sc(C)c(-c3ccc(F)cc3)n2C)cc(OC)c1OC. The molecular weight excluding hydrogens is 395 g/mol. The van der Waals surface area contributed by atoms with Crippen LogP contribution in [0, 0.1) is 12.7 Å². The van der Waals surface area contributed by atoms with Crippen molar-refractivity contribution in [3.8, 4) is 28.5 Å². The van der Waals surface area contributed by atoms with Crippen LogP contribution in [0.3, 0.4) is 0 Å². The summed E-state index contributed by atoms with van der Waals surface area (Å²) in [5, 5.41) is 0. The number of carbonyl (C=O) groups is 1. The number of methoxy groups -OCH3 is 3. The van der Waals surface area contributed by atoms with E-state index in [1.807, 2.05) is 18.5 Å². The molecule has 0 fully saturated rings. The third-order valence-corrected chi connectivity index (χ3v) is 5.47. The first kappa shape index (κ1) is 20.6. The van der Waals surface area contributed by atoms with Gasteiger partial charge >= 0.3 is 0 Å². The van der Waals surface area contributed by atoms with Gasteiger partial charge in [-0.2, -0.15) is 4.99 Å². The second-order valence-corrected chi connectivity index (χ2v) is 7.37. The van der Waals surface area contributed by atoms with E-state index in [9.17, 15) is 9.18 Å². The van der Waals surface area contributed by atoms with Crippen molar-refractivity contribution in [2.75, 3.05) is 21.3 Å². The largest absolute Gasteiger partial charge is 0.493 e. The lowest BCUT2D eigenvalue weighted by molar-refractivity contribution is 0.0997. The zero-order chi connectivity index (χ0) is 21.1. The van der Waals surface area contributed by atoms with Crippen molar-refractivity contribution in [2.45, 2.75) is 6.92 Å². The van der Waals surface area contributed by atoms with E-state index in [4.69, 9.17) is 14.2 Å². The Balaban J connectivity index is 2.06. The van der Waals surface area contributed by atoms with E-state index in [0.29, 0.717) is 27.6 Å². The molecule has 0 N–H and O–H groups in total. The van der Waals surface area contributed by atoms with Crippen LogP contribution in [0.1, 0.15) is 15.2 Å². The van der Waals surface area contributed by atoms with Crippen LogP contribution in [0.2, 0.25) is 0 Å². The zero-order valence-corrected chi connectivity index (χ0v) is 17.6. The van der Waals surface area contributed by atoms with E-state index in [2.05, 4.69) is 4.99 Å². The minimum absolute atomic E-state index is 0.299. The maximum Gasteiger partial charge on any atom is 0.279 e. The van der Waals surface area contributed by atoms with Crippen molar-refractivity contribution in [3.05, 3.63) is 57.5 Å². The van der Waals surface area contributed by atoms with Crippen molar-refractivity contribution in [2.24, 2.45) is 12.0 Å². The molecule has 0 aliphatic carbocycles. The standard InChI is InChI=1S/C21H21FN2O4S/c1-12-18(13-6-8-15(22)9-7-13)24(2)21(29-12)23-20(25)14-10-16(26-3)19(28-5)17(11-14)27-4/h6-11H,1-5H3. The summed E-state index contributed by atoms with van der Waals surface area (Å²) in [4.78, 5) is 18.6. The van der Waals surface area contributed by atoms with Crippen LogP contribution in [0.4, 0.5) is 4.39 Å². The normalized spacial score (nSPS) is 11.4. The average molecular weight is 416 g/mol. The van der Waals surface area contributed by atoms with Crippen LogP contribution in [-0.2, 0) is 7.05 Å². The van der Waals surface area contributed by atoms with Crippen LogP contribution < -0.4 is 19.0 Å². The lowest BCUT2D eigenvalue weighted by atomic mass is 10.1. The Bertz CT molecular complexity index is 1090. The Morgan fingerprint density at radius 2 is 1.62 bits per heavy atom. The minimum atomic E-state index is -0.438. The maximum atomic E-state index is 13.2. The molecule has 0 atom stereocenters. The fraction of sp³-hybridized carbons (Fsp3) is 0.238. The summed E-state index contributed by atoms with van der Waals surface area (Å²) < 4.78 is 31.0. The Morgan fingerprint density at radius 3 is 2.14 bits per heavy atom. The van der Waals surface area contributed by atoms with Crippen molar-refractivity contribution in [1.29, 1.82) is 0 Å². The fourth-order valence-corrected chi connectivity index (χ4v) is 4.03. The molecule has 2 aromatic carbocycles. The highest BCUT2D eigenvalue weighted by molar-refractivity contribution is 7.09. The summed E-state index contributed by atoms with van der Waals surface area (Å²) in [6.07, 6.45) is 0. The van der Waals surface area contributed by atoms with Crippen molar-refractivity contribution < 1.29 is 23.4 Å². The van der Waals surface area contributed by atoms with Crippen LogP contribution in [0.25, 0.3) is 11.3 Å². The molecule has 0 radical (unpaired) electrons. The number of thiazole rings is 1. The van der Waals surface area contributed by atoms with Gasteiger partial charge in [0, 0.05) is 17.5 Å². The first-order chi connectivity index (χ1) is 13.9. The van der Waals surface area contributed by atoms with E-state index in [1.165, 1.54) is 44.8 Å². The van der Waals surface area contributed by atoms with Gasteiger partial charge < -0.3 is 18.8 Å². The van der Waals surface area contributed by atoms with Crippen LogP contribution in [-0.4, -0.2) is 31.8 Å². The molecular formula is C21H21FN2O4S. The molecule has 1 heterocycles. The molecule has 3 rings (SSSR count). The van der Waals surface area contributed by atoms with Gasteiger partial charge in [-0.15, -0.1) is 11.3 Å². The molecule has 3 aromatic rings. The van der Waals surface area contributed by atoms with Gasteiger partial charge in [-0.25, -0.2) is 4.39 Å². The van der Waals surface area contributed by atoms with Gasteiger partial charge in [0.15, 0.2) is 16.3 Å². The number of benzene rings is 2. The molecule has 0 spiro atoms. The minimum Gasteiger partial charge on any atom is -0.493 e. The number of rotatable bonds is 5. The summed E-state index contributed by atoms with van der Waals surface area (Å²) in [6, 6.07) is 9.35. The molecule has 152 valence electrons. The molecule has 0 aliphatic rings. The molecule has 0 aliphatic heterocycles. The van der Waals surface area contributed by atoms with Gasteiger partial charge in [0.05, 0.1) is 27.0 Å². The molecule has 29 heavy (non-hydrogen) atoms. The number of hydrogen-bond donors (Lipinski definition) is 0. The molecule has 8 heteroatoms. The van der Waals surface area contributed by atoms with Gasteiger partial charge in [0.25, 0.3) is 5.91 Å². The monoisotopic (exact) mass is 416 g/mol. The Kier molecular flexibility index (Phi) is 6.03. The van der Waals surface area contributed by atoms with Crippen molar-refractivity contribution in [3.63, 3.8) is 0 Å². The second kappa shape index (κ2) is 8.48. The third kappa shape index (κ3) is 4.02. The first-order valence-electron chi connectivity index (χ1n) is 8.71. The summed E-state index contributed by atoms with van der Waals surface area (Å²) in [7, 11) is 6.29. The summed E-state index contributed by atoms with van der Waals surface area (Å²) in [5.74, 6) is 0.425. The molecule has 0 bridgehead atoms. The molecule has 0 unspecified atom stereocenters. The predicted octanol–water partition coefficient (Wildman–Crippen LogP) is 3.97. The number of carbonyl (C=O) groups excluding carboxylic acids is 1. The fourth-order valence-electron chi connectivity index (χ4n) is 3.04. The number of halogens is 1. The highest BCUT2D eigenvalue weighted by atomic mass is 32.1. The average Bonchev–Trinajstić information content (AvgIpc) is 3.00. The maximum absolute atomic E-state index is 13.2. The summed E-state index contributed by atoms with van der Waals surface area (Å²) in [6.45, 7) is 1.94. The van der Waals surface area contributed by atoms with Gasteiger partial charge in [0.2, 0.25) is 5.75 Å². The topological polar surface area (TPSA) is 62.0 Å². The van der Waals surface area contributed by atoms with Crippen molar-refractivity contribution in [1.82, 2.24) is 4.57 Å². The number of nitrogens with zero attached hydrogens (tertiary/aromatic N) is 2. The van der Waals surface area contributed by atoms with Crippen molar-refractivity contribution >= 4 is 17.2 Å². The molecule has 0 saturated heterocycles. The van der Waals surface area contributed by atoms with Gasteiger partial charge in [-0.1, -0.05) is 0 Å². The smallest absolute Gasteiger partial charge is 0.279 e. The zero-order valence-electron chi connectivity index (χ0n) is 16.8. The molecule has 1 amide bonds. The highest BCUT2D eigenvalue weighted by Gasteiger charge is 2.17. The van der Waals surface area contributed by atoms with E-state index in [-0.39, 0.29) is 5.82 Å². The van der Waals surface area contributed by atoms with Crippen LogP contribution >= 0.6 is 11.3 Å². The summed E-state index contributed by atoms with van der Waals surface area (Å²) >= 11 is 1.39. The Labute approximate surface area is 171 Å². The summed E-state index contributed by atoms with van der Waals surface area (Å²) in [5.41, 5.74) is 2.05. The number of hydrogen-bond acceptors (Lipinski definition) is 5. The number of ether oxygens (including phenoxy) is 3. The number of aryl methyl sites for hydroxylation is 1. The van der Waals surface area contributed by atoms with Crippen LogP contribution in [0.15, 0.2) is 41.4 Å². The number of amides is 1. The molecule has 0 saturated carbocycles. The lowest BCUT2D eigenvalue weighted by Crippen LogP contribution is -2.14. The first-order valence-corrected chi connectivity index (χ1v) is 9.52. The predicted molar refractivity (Wildman–Crippen MR) is 109 cm³/mol. The van der Waals surface area contributed by atoms with E-state index >= 15 is 0 Å². The lowest BCUT2D eigenvalue weighted by Gasteiger charge is -2.12. The van der Waals surface area contributed by atoms with Gasteiger partial charge in [0.1, 0.15) is 5.82 Å². The number of aromatic nitrogens is 1. The third-order valence-electron chi connectivity index (χ3n) is 4.43. The Morgan fingerprint density at radius 1 is 1.03 bits per heavy atom. The van der Waals surface area contributed by atoms with Crippen LogP contribution in [0.5, 0.6) is 17.2 Å². The second-order valence-electron chi connectivity index (χ2n) is 6.19. The van der Waals surface area contributed by atoms with Gasteiger partial charge in [-0.3, -0.25) is 4.79 Å². The quantitative estimate of drug-likeness (QED) is 0.632.